The maximum Gasteiger partial charge on any atom is 0.419 e. The van der Waals surface area contributed by atoms with E-state index in [1.165, 1.54) is 13.1 Å². The van der Waals surface area contributed by atoms with E-state index in [-0.39, 0.29) is 28.7 Å². The fraction of sp³-hybridized carbons (Fsp3) is 0.364. The molecule has 1 aromatic heterocycles. The highest BCUT2D eigenvalue weighted by Gasteiger charge is 2.38. The summed E-state index contributed by atoms with van der Waals surface area (Å²) in [5.41, 5.74) is -2.07. The molecule has 2 N–H and O–H groups in total. The Kier molecular flexibility index (Phi) is 6.11. The number of ether oxygens (including phenoxy) is 1. The topological polar surface area (TPSA) is 79.6 Å². The number of phenols is 1. The van der Waals surface area contributed by atoms with Crippen LogP contribution >= 0.6 is 0 Å². The fourth-order valence-corrected chi connectivity index (χ4v) is 4.05. The molecule has 2 aromatic carbocycles. The van der Waals surface area contributed by atoms with Crippen LogP contribution in [0.2, 0.25) is 0 Å². The molecule has 182 valence electrons. The summed E-state index contributed by atoms with van der Waals surface area (Å²) in [4.78, 5) is 14.5. The smallest absolute Gasteiger partial charge is 0.419 e. The van der Waals surface area contributed by atoms with Crippen LogP contribution in [0.5, 0.6) is 5.75 Å². The number of alkyl halides is 3. The standard InChI is InChI=1S/C22H21F5N4O3/c1-28-21(33)19-13-9-12(30(2)11-5-7-34-8-6-11)3-4-15(13)31(29-19)16-10-14(22(25,26)27)17(23)20(32)18(16)24/h3-4,9-11,32H,5-8H2,1-2H3,(H,28,33). The van der Waals surface area contributed by atoms with Crippen molar-refractivity contribution in [1.29, 1.82) is 0 Å². The Morgan fingerprint density at radius 1 is 1.21 bits per heavy atom. The molecule has 3 aromatic rings. The van der Waals surface area contributed by atoms with Gasteiger partial charge in [-0.05, 0) is 37.1 Å². The molecule has 0 bridgehead atoms. The number of aromatic hydroxyl groups is 1. The van der Waals surface area contributed by atoms with Gasteiger partial charge in [0, 0.05) is 44.4 Å². The number of carbonyl (C=O) groups excluding carboxylic acids is 1. The summed E-state index contributed by atoms with van der Waals surface area (Å²) in [6.45, 7) is 1.21. The lowest BCUT2D eigenvalue weighted by Crippen LogP contribution is -2.36. The van der Waals surface area contributed by atoms with Gasteiger partial charge in [-0.15, -0.1) is 0 Å². The van der Waals surface area contributed by atoms with E-state index < -0.39 is 40.7 Å². The molecular weight excluding hydrogens is 463 g/mol. The Hall–Kier alpha value is -3.41. The molecule has 1 saturated heterocycles. The number of nitrogens with zero attached hydrogens (tertiary/aromatic N) is 3. The van der Waals surface area contributed by atoms with Crippen LogP contribution in [0.4, 0.5) is 27.6 Å². The second kappa shape index (κ2) is 8.75. The average Bonchev–Trinajstić information content (AvgIpc) is 3.20. The van der Waals surface area contributed by atoms with E-state index in [4.69, 9.17) is 4.74 Å². The van der Waals surface area contributed by atoms with Crippen molar-refractivity contribution in [2.75, 3.05) is 32.2 Å². The predicted octanol–water partition coefficient (Wildman–Crippen LogP) is 4.00. The van der Waals surface area contributed by atoms with Gasteiger partial charge in [0.05, 0.1) is 11.1 Å². The lowest BCUT2D eigenvalue weighted by molar-refractivity contribution is -0.140. The van der Waals surface area contributed by atoms with Crippen LogP contribution in [-0.2, 0) is 10.9 Å². The molecule has 0 atom stereocenters. The molecular formula is C22H21F5N4O3. The van der Waals surface area contributed by atoms with Gasteiger partial charge in [0.25, 0.3) is 5.91 Å². The number of hydrogen-bond acceptors (Lipinski definition) is 5. The number of aromatic nitrogens is 2. The quantitative estimate of drug-likeness (QED) is 0.548. The third kappa shape index (κ3) is 4.02. The second-order valence-corrected chi connectivity index (χ2v) is 7.91. The van der Waals surface area contributed by atoms with Crippen LogP contribution in [0.15, 0.2) is 24.3 Å². The number of nitrogens with one attached hydrogen (secondary N) is 1. The summed E-state index contributed by atoms with van der Waals surface area (Å²) in [7, 11) is 3.21. The van der Waals surface area contributed by atoms with Crippen LogP contribution in [0.3, 0.4) is 0 Å². The lowest BCUT2D eigenvalue weighted by atomic mass is 10.1. The Bertz CT molecular complexity index is 1250. The van der Waals surface area contributed by atoms with Crippen LogP contribution in [0.1, 0.15) is 28.9 Å². The fourth-order valence-electron chi connectivity index (χ4n) is 4.05. The van der Waals surface area contributed by atoms with E-state index in [2.05, 4.69) is 10.4 Å². The third-order valence-corrected chi connectivity index (χ3v) is 5.94. The van der Waals surface area contributed by atoms with E-state index in [0.29, 0.717) is 18.9 Å². The van der Waals surface area contributed by atoms with Crippen LogP contribution in [-0.4, -0.2) is 54.1 Å². The van der Waals surface area contributed by atoms with Gasteiger partial charge in [-0.1, -0.05) is 0 Å². The average molecular weight is 484 g/mol. The van der Waals surface area contributed by atoms with Crippen LogP contribution in [0.25, 0.3) is 16.6 Å². The molecule has 2 heterocycles. The Labute approximate surface area is 190 Å². The zero-order valence-corrected chi connectivity index (χ0v) is 18.2. The van der Waals surface area contributed by atoms with Crippen LogP contribution < -0.4 is 10.2 Å². The summed E-state index contributed by atoms with van der Waals surface area (Å²) >= 11 is 0. The molecule has 0 unspecified atom stereocenters. The van der Waals surface area contributed by atoms with Crippen molar-refractivity contribution < 1.29 is 36.6 Å². The first-order valence-electron chi connectivity index (χ1n) is 10.4. The minimum absolute atomic E-state index is 0.0979. The third-order valence-electron chi connectivity index (χ3n) is 5.94. The molecule has 0 saturated carbocycles. The van der Waals surface area contributed by atoms with Crippen molar-refractivity contribution in [3.05, 3.63) is 47.2 Å². The normalized spacial score (nSPS) is 15.0. The first-order chi connectivity index (χ1) is 16.0. The largest absolute Gasteiger partial charge is 0.503 e. The van der Waals surface area contributed by atoms with Crippen molar-refractivity contribution in [3.63, 3.8) is 0 Å². The van der Waals surface area contributed by atoms with Crippen molar-refractivity contribution >= 4 is 22.5 Å². The maximum atomic E-state index is 14.7. The summed E-state index contributed by atoms with van der Waals surface area (Å²) < 4.78 is 74.7. The van der Waals surface area contributed by atoms with Crippen molar-refractivity contribution in [2.45, 2.75) is 25.1 Å². The van der Waals surface area contributed by atoms with Gasteiger partial charge in [0.2, 0.25) is 0 Å². The van der Waals surface area contributed by atoms with E-state index in [1.54, 1.807) is 12.1 Å². The molecule has 4 rings (SSSR count). The predicted molar refractivity (Wildman–Crippen MR) is 113 cm³/mol. The van der Waals surface area contributed by atoms with E-state index >= 15 is 0 Å². The summed E-state index contributed by atoms with van der Waals surface area (Å²) in [5, 5.41) is 16.4. The van der Waals surface area contributed by atoms with Crippen molar-refractivity contribution in [3.8, 4) is 11.4 Å². The van der Waals surface area contributed by atoms with Gasteiger partial charge in [0.1, 0.15) is 5.69 Å². The van der Waals surface area contributed by atoms with Gasteiger partial charge >= 0.3 is 6.18 Å². The highest BCUT2D eigenvalue weighted by Crippen LogP contribution is 2.39. The van der Waals surface area contributed by atoms with Gasteiger partial charge in [-0.3, -0.25) is 4.79 Å². The number of fused-ring (bicyclic) bond motifs is 1. The molecule has 1 aliphatic heterocycles. The van der Waals surface area contributed by atoms with Crippen molar-refractivity contribution in [2.24, 2.45) is 0 Å². The number of rotatable bonds is 4. The summed E-state index contributed by atoms with van der Waals surface area (Å²) in [6, 6.07) is 5.16. The first kappa shape index (κ1) is 23.7. The summed E-state index contributed by atoms with van der Waals surface area (Å²) in [5.74, 6) is -6.21. The van der Waals surface area contributed by atoms with Crippen LogP contribution in [0, 0.1) is 11.6 Å². The minimum atomic E-state index is -5.20. The summed E-state index contributed by atoms with van der Waals surface area (Å²) in [6.07, 6.45) is -3.62. The van der Waals surface area contributed by atoms with E-state index in [9.17, 15) is 31.9 Å². The number of amides is 1. The molecule has 0 spiro atoms. The number of hydrogen-bond donors (Lipinski definition) is 2. The molecule has 1 aliphatic rings. The first-order valence-corrected chi connectivity index (χ1v) is 10.4. The van der Waals surface area contributed by atoms with Gasteiger partial charge in [0.15, 0.2) is 23.1 Å². The molecule has 0 aliphatic carbocycles. The molecule has 34 heavy (non-hydrogen) atoms. The van der Waals surface area contributed by atoms with Gasteiger partial charge in [-0.25, -0.2) is 13.5 Å². The molecule has 0 radical (unpaired) electrons. The number of anilines is 1. The number of carbonyl (C=O) groups is 1. The zero-order valence-electron chi connectivity index (χ0n) is 18.2. The monoisotopic (exact) mass is 484 g/mol. The van der Waals surface area contributed by atoms with Gasteiger partial charge < -0.3 is 20.1 Å². The van der Waals surface area contributed by atoms with Crippen molar-refractivity contribution in [1.82, 2.24) is 15.1 Å². The number of phenolic OH excluding ortho intramolecular Hbond substituents is 1. The minimum Gasteiger partial charge on any atom is -0.503 e. The molecule has 1 amide bonds. The molecule has 7 nitrogen and oxygen atoms in total. The highest BCUT2D eigenvalue weighted by molar-refractivity contribution is 6.06. The Morgan fingerprint density at radius 3 is 2.50 bits per heavy atom. The Morgan fingerprint density at radius 2 is 1.88 bits per heavy atom. The molecule has 12 heteroatoms. The highest BCUT2D eigenvalue weighted by atomic mass is 19.4. The molecule has 1 fully saturated rings. The maximum absolute atomic E-state index is 14.7. The lowest BCUT2D eigenvalue weighted by Gasteiger charge is -2.33. The second-order valence-electron chi connectivity index (χ2n) is 7.91. The number of benzene rings is 2. The van der Waals surface area contributed by atoms with E-state index in [0.717, 1.165) is 17.5 Å². The number of halogens is 5. The van der Waals surface area contributed by atoms with E-state index in [1.807, 2.05) is 11.9 Å². The SMILES string of the molecule is CNC(=O)c1nn(-c2cc(C(F)(F)F)c(F)c(O)c2F)c2ccc(N(C)C3CCOCC3)cc12. The zero-order chi connectivity index (χ0) is 24.8. The van der Waals surface area contributed by atoms with Gasteiger partial charge in [-0.2, -0.15) is 18.3 Å². The Balaban J connectivity index is 1.91.